The number of nitriles is 1. The van der Waals surface area contributed by atoms with Gasteiger partial charge in [0.15, 0.2) is 0 Å². The summed E-state index contributed by atoms with van der Waals surface area (Å²) in [6.45, 7) is 0.729. The molecule has 0 aromatic rings. The predicted molar refractivity (Wildman–Crippen MR) is 59.0 cm³/mol. The first kappa shape index (κ1) is 12.0. The van der Waals surface area contributed by atoms with Gasteiger partial charge >= 0.3 is 0 Å². The SMILES string of the molecule is N#CCCCCNC(=O)CC1CCCC1. The maximum absolute atomic E-state index is 11.5. The average molecular weight is 208 g/mol. The van der Waals surface area contributed by atoms with Crippen LogP contribution in [0.2, 0.25) is 0 Å². The highest BCUT2D eigenvalue weighted by molar-refractivity contribution is 5.76. The summed E-state index contributed by atoms with van der Waals surface area (Å²) in [7, 11) is 0. The molecule has 0 radical (unpaired) electrons. The monoisotopic (exact) mass is 208 g/mol. The fourth-order valence-corrected chi connectivity index (χ4v) is 2.11. The van der Waals surface area contributed by atoms with Gasteiger partial charge in [-0.25, -0.2) is 0 Å². The molecule has 0 bridgehead atoms. The molecule has 15 heavy (non-hydrogen) atoms. The number of nitrogens with zero attached hydrogens (tertiary/aromatic N) is 1. The smallest absolute Gasteiger partial charge is 0.220 e. The fraction of sp³-hybridized carbons (Fsp3) is 0.833. The minimum atomic E-state index is 0.193. The lowest BCUT2D eigenvalue weighted by Gasteiger charge is -2.08. The Hall–Kier alpha value is -1.04. The number of rotatable bonds is 6. The number of hydrogen-bond acceptors (Lipinski definition) is 2. The highest BCUT2D eigenvalue weighted by atomic mass is 16.1. The van der Waals surface area contributed by atoms with E-state index in [0.717, 1.165) is 19.4 Å². The van der Waals surface area contributed by atoms with E-state index >= 15 is 0 Å². The van der Waals surface area contributed by atoms with Crippen LogP contribution in [-0.4, -0.2) is 12.5 Å². The summed E-state index contributed by atoms with van der Waals surface area (Å²) >= 11 is 0. The van der Waals surface area contributed by atoms with Gasteiger partial charge < -0.3 is 5.32 Å². The summed E-state index contributed by atoms with van der Waals surface area (Å²) in [5, 5.41) is 11.2. The van der Waals surface area contributed by atoms with Crippen molar-refractivity contribution < 1.29 is 4.79 Å². The molecule has 0 spiro atoms. The Morgan fingerprint density at radius 2 is 2.07 bits per heavy atom. The van der Waals surface area contributed by atoms with Crippen LogP contribution < -0.4 is 5.32 Å². The van der Waals surface area contributed by atoms with Gasteiger partial charge in [0.1, 0.15) is 0 Å². The van der Waals surface area contributed by atoms with Gasteiger partial charge in [0.2, 0.25) is 5.91 Å². The average Bonchev–Trinajstić information content (AvgIpc) is 2.70. The first-order valence-electron chi connectivity index (χ1n) is 5.96. The van der Waals surface area contributed by atoms with Gasteiger partial charge in [0.25, 0.3) is 0 Å². The first-order chi connectivity index (χ1) is 7.33. The van der Waals surface area contributed by atoms with Gasteiger partial charge in [0, 0.05) is 19.4 Å². The van der Waals surface area contributed by atoms with E-state index in [1.165, 1.54) is 25.7 Å². The van der Waals surface area contributed by atoms with E-state index in [1.54, 1.807) is 0 Å². The molecule has 1 amide bonds. The third kappa shape index (κ3) is 5.41. The minimum absolute atomic E-state index is 0.193. The molecule has 0 unspecified atom stereocenters. The maximum Gasteiger partial charge on any atom is 0.220 e. The molecule has 0 atom stereocenters. The predicted octanol–water partition coefficient (Wildman–Crippen LogP) is 2.38. The molecule has 3 heteroatoms. The Bertz CT molecular complexity index is 226. The quantitative estimate of drug-likeness (QED) is 0.681. The Balaban J connectivity index is 1.96. The normalized spacial score (nSPS) is 16.2. The summed E-state index contributed by atoms with van der Waals surface area (Å²) in [4.78, 5) is 11.5. The van der Waals surface area contributed by atoms with Crippen molar-refractivity contribution in [2.75, 3.05) is 6.54 Å². The van der Waals surface area contributed by atoms with Gasteiger partial charge in [0.05, 0.1) is 6.07 Å². The Labute approximate surface area is 91.9 Å². The highest BCUT2D eigenvalue weighted by Crippen LogP contribution is 2.27. The number of unbranched alkanes of at least 4 members (excludes halogenated alkanes) is 2. The van der Waals surface area contributed by atoms with E-state index in [0.29, 0.717) is 18.8 Å². The van der Waals surface area contributed by atoms with Crippen molar-refractivity contribution in [1.29, 1.82) is 5.26 Å². The summed E-state index contributed by atoms with van der Waals surface area (Å²) in [5.74, 6) is 0.822. The van der Waals surface area contributed by atoms with E-state index in [4.69, 9.17) is 5.26 Å². The summed E-state index contributed by atoms with van der Waals surface area (Å²) in [6, 6.07) is 2.10. The lowest BCUT2D eigenvalue weighted by molar-refractivity contribution is -0.121. The van der Waals surface area contributed by atoms with Crippen LogP contribution >= 0.6 is 0 Å². The molecule has 1 aliphatic carbocycles. The highest BCUT2D eigenvalue weighted by Gasteiger charge is 2.17. The topological polar surface area (TPSA) is 52.9 Å². The van der Waals surface area contributed by atoms with Crippen molar-refractivity contribution >= 4 is 5.91 Å². The lowest BCUT2D eigenvalue weighted by atomic mass is 10.0. The number of carbonyl (C=O) groups excluding carboxylic acids is 1. The molecular formula is C12H20N2O. The van der Waals surface area contributed by atoms with Gasteiger partial charge in [-0.3, -0.25) is 4.79 Å². The molecule has 1 fully saturated rings. The second kappa shape index (κ2) is 7.28. The van der Waals surface area contributed by atoms with E-state index in [9.17, 15) is 4.79 Å². The summed E-state index contributed by atoms with van der Waals surface area (Å²) in [6.07, 6.45) is 8.14. The number of hydrogen-bond donors (Lipinski definition) is 1. The van der Waals surface area contributed by atoms with Crippen LogP contribution in [0, 0.1) is 17.2 Å². The van der Waals surface area contributed by atoms with Gasteiger partial charge in [-0.1, -0.05) is 12.8 Å². The first-order valence-corrected chi connectivity index (χ1v) is 5.96. The minimum Gasteiger partial charge on any atom is -0.356 e. The van der Waals surface area contributed by atoms with Crippen molar-refractivity contribution in [3.05, 3.63) is 0 Å². The van der Waals surface area contributed by atoms with Crippen molar-refractivity contribution in [3.8, 4) is 6.07 Å². The zero-order chi connectivity index (χ0) is 10.9. The molecule has 1 aliphatic rings. The van der Waals surface area contributed by atoms with Crippen LogP contribution in [-0.2, 0) is 4.79 Å². The van der Waals surface area contributed by atoms with E-state index in [-0.39, 0.29) is 5.91 Å². The molecular weight excluding hydrogens is 188 g/mol. The van der Waals surface area contributed by atoms with Crippen molar-refractivity contribution in [1.82, 2.24) is 5.32 Å². The molecule has 1 rings (SSSR count). The van der Waals surface area contributed by atoms with E-state index in [2.05, 4.69) is 11.4 Å². The van der Waals surface area contributed by atoms with Gasteiger partial charge in [-0.05, 0) is 31.6 Å². The second-order valence-corrected chi connectivity index (χ2v) is 4.32. The van der Waals surface area contributed by atoms with Crippen molar-refractivity contribution in [3.63, 3.8) is 0 Å². The number of nitrogens with one attached hydrogen (secondary N) is 1. The molecule has 1 N–H and O–H groups in total. The maximum atomic E-state index is 11.5. The summed E-state index contributed by atoms with van der Waals surface area (Å²) < 4.78 is 0. The van der Waals surface area contributed by atoms with Crippen LogP contribution in [0.3, 0.4) is 0 Å². The number of carbonyl (C=O) groups is 1. The van der Waals surface area contributed by atoms with Crippen molar-refractivity contribution in [2.45, 2.75) is 51.4 Å². The Kier molecular flexibility index (Phi) is 5.84. The molecule has 3 nitrogen and oxygen atoms in total. The fourth-order valence-electron chi connectivity index (χ4n) is 2.11. The molecule has 84 valence electrons. The zero-order valence-corrected chi connectivity index (χ0v) is 9.30. The molecule has 0 aromatic heterocycles. The zero-order valence-electron chi connectivity index (χ0n) is 9.30. The van der Waals surface area contributed by atoms with Gasteiger partial charge in [-0.15, -0.1) is 0 Å². The van der Waals surface area contributed by atoms with Crippen molar-refractivity contribution in [2.24, 2.45) is 5.92 Å². The van der Waals surface area contributed by atoms with Crippen LogP contribution in [0.1, 0.15) is 51.4 Å². The van der Waals surface area contributed by atoms with Gasteiger partial charge in [-0.2, -0.15) is 5.26 Å². The second-order valence-electron chi connectivity index (χ2n) is 4.32. The van der Waals surface area contributed by atoms with Crippen LogP contribution in [0.4, 0.5) is 0 Å². The number of amides is 1. The standard InChI is InChI=1S/C12H20N2O/c13-8-4-1-5-9-14-12(15)10-11-6-2-3-7-11/h11H,1-7,9-10H2,(H,14,15). The third-order valence-electron chi connectivity index (χ3n) is 2.99. The van der Waals surface area contributed by atoms with E-state index in [1.807, 2.05) is 0 Å². The molecule has 0 saturated heterocycles. The van der Waals surface area contributed by atoms with E-state index < -0.39 is 0 Å². The Morgan fingerprint density at radius 3 is 2.73 bits per heavy atom. The summed E-state index contributed by atoms with van der Waals surface area (Å²) in [5.41, 5.74) is 0. The molecule has 0 aliphatic heterocycles. The largest absolute Gasteiger partial charge is 0.356 e. The molecule has 0 heterocycles. The Morgan fingerprint density at radius 1 is 1.33 bits per heavy atom. The van der Waals surface area contributed by atoms with Crippen LogP contribution in [0.15, 0.2) is 0 Å². The third-order valence-corrected chi connectivity index (χ3v) is 2.99. The van der Waals surface area contributed by atoms with Crippen LogP contribution in [0.25, 0.3) is 0 Å². The van der Waals surface area contributed by atoms with Crippen LogP contribution in [0.5, 0.6) is 0 Å². The lowest BCUT2D eigenvalue weighted by Crippen LogP contribution is -2.25. The molecule has 0 aromatic carbocycles. The molecule has 1 saturated carbocycles.